The average molecular weight is 250 g/mol. The van der Waals surface area contributed by atoms with Crippen LogP contribution in [0.4, 0.5) is 5.69 Å². The molecule has 2 amide bonds. The molecule has 0 atom stereocenters. The lowest BCUT2D eigenvalue weighted by Gasteiger charge is -2.18. The third-order valence-electron chi connectivity index (χ3n) is 2.10. The Morgan fingerprint density at radius 2 is 1.72 bits per heavy atom. The van der Waals surface area contributed by atoms with Gasteiger partial charge in [0, 0.05) is 13.8 Å². The molecule has 1 aromatic carbocycles. The number of nitrogens with zero attached hydrogens (tertiary/aromatic N) is 1. The zero-order chi connectivity index (χ0) is 13.7. The standard InChI is InChI=1S/C12H14N2O4/c1-8(15)14(12(17)7-13)10-3-5-11(6-4-10)18-9(2)16/h3-6H,7,13H2,1-2H3. The quantitative estimate of drug-likeness (QED) is 0.621. The van der Waals surface area contributed by atoms with Gasteiger partial charge in [0.05, 0.1) is 12.2 Å². The summed E-state index contributed by atoms with van der Waals surface area (Å²) in [6.07, 6.45) is 0. The van der Waals surface area contributed by atoms with Crippen LogP contribution in [0.5, 0.6) is 5.75 Å². The van der Waals surface area contributed by atoms with Crippen molar-refractivity contribution in [2.24, 2.45) is 5.73 Å². The summed E-state index contributed by atoms with van der Waals surface area (Å²) in [5, 5.41) is 0. The van der Waals surface area contributed by atoms with Crippen molar-refractivity contribution in [2.75, 3.05) is 11.4 Å². The molecule has 1 aromatic rings. The smallest absolute Gasteiger partial charge is 0.308 e. The number of ether oxygens (including phenoxy) is 1. The first-order valence-electron chi connectivity index (χ1n) is 5.27. The van der Waals surface area contributed by atoms with Gasteiger partial charge in [-0.15, -0.1) is 0 Å². The molecular formula is C12H14N2O4. The third kappa shape index (κ3) is 3.39. The molecule has 0 aliphatic rings. The predicted octanol–water partition coefficient (Wildman–Crippen LogP) is 0.450. The van der Waals surface area contributed by atoms with Gasteiger partial charge < -0.3 is 10.5 Å². The topological polar surface area (TPSA) is 89.7 Å². The van der Waals surface area contributed by atoms with Crippen LogP contribution in [0.1, 0.15) is 13.8 Å². The fourth-order valence-electron chi connectivity index (χ4n) is 1.42. The van der Waals surface area contributed by atoms with Crippen LogP contribution in [-0.4, -0.2) is 24.3 Å². The Bertz CT molecular complexity index is 467. The molecule has 1 rings (SSSR count). The largest absolute Gasteiger partial charge is 0.427 e. The lowest BCUT2D eigenvalue weighted by atomic mass is 10.2. The van der Waals surface area contributed by atoms with Crippen LogP contribution in [-0.2, 0) is 14.4 Å². The van der Waals surface area contributed by atoms with E-state index >= 15 is 0 Å². The Morgan fingerprint density at radius 1 is 1.17 bits per heavy atom. The highest BCUT2D eigenvalue weighted by Gasteiger charge is 2.18. The Hall–Kier alpha value is -2.21. The highest BCUT2D eigenvalue weighted by Crippen LogP contribution is 2.19. The first-order valence-corrected chi connectivity index (χ1v) is 5.27. The van der Waals surface area contributed by atoms with Crippen LogP contribution in [0.3, 0.4) is 0 Å². The lowest BCUT2D eigenvalue weighted by molar-refractivity contribution is -0.132. The van der Waals surface area contributed by atoms with Crippen molar-refractivity contribution >= 4 is 23.5 Å². The summed E-state index contributed by atoms with van der Waals surface area (Å²) >= 11 is 0. The van der Waals surface area contributed by atoms with Gasteiger partial charge in [-0.3, -0.25) is 14.4 Å². The molecule has 0 bridgehead atoms. The van der Waals surface area contributed by atoms with Gasteiger partial charge in [0.1, 0.15) is 5.75 Å². The molecule has 0 aromatic heterocycles. The predicted molar refractivity (Wildman–Crippen MR) is 65.0 cm³/mol. The Morgan fingerprint density at radius 3 is 2.11 bits per heavy atom. The number of carbonyl (C=O) groups is 3. The van der Waals surface area contributed by atoms with E-state index < -0.39 is 17.8 Å². The van der Waals surface area contributed by atoms with E-state index in [0.29, 0.717) is 11.4 Å². The van der Waals surface area contributed by atoms with Crippen LogP contribution < -0.4 is 15.4 Å². The molecule has 0 aliphatic carbocycles. The highest BCUT2D eigenvalue weighted by atomic mass is 16.5. The maximum Gasteiger partial charge on any atom is 0.308 e. The molecule has 6 nitrogen and oxygen atoms in total. The number of esters is 1. The molecule has 0 heterocycles. The van der Waals surface area contributed by atoms with E-state index in [1.165, 1.54) is 38.1 Å². The number of amides is 2. The Balaban J connectivity index is 2.97. The SMILES string of the molecule is CC(=O)Oc1ccc(N(C(C)=O)C(=O)CN)cc1. The van der Waals surface area contributed by atoms with Gasteiger partial charge in [-0.2, -0.15) is 0 Å². The van der Waals surface area contributed by atoms with Crippen LogP contribution in [0.2, 0.25) is 0 Å². The number of rotatable bonds is 3. The van der Waals surface area contributed by atoms with Gasteiger partial charge in [0.15, 0.2) is 0 Å². The summed E-state index contributed by atoms with van der Waals surface area (Å²) in [6.45, 7) is 2.30. The van der Waals surface area contributed by atoms with E-state index in [1.807, 2.05) is 0 Å². The molecular weight excluding hydrogens is 236 g/mol. The zero-order valence-electron chi connectivity index (χ0n) is 10.2. The maximum atomic E-state index is 11.5. The molecule has 0 saturated heterocycles. The van der Waals surface area contributed by atoms with Crippen LogP contribution in [0.15, 0.2) is 24.3 Å². The minimum Gasteiger partial charge on any atom is -0.427 e. The van der Waals surface area contributed by atoms with Crippen LogP contribution >= 0.6 is 0 Å². The van der Waals surface area contributed by atoms with Gasteiger partial charge >= 0.3 is 5.97 Å². The normalized spacial score (nSPS) is 9.72. The van der Waals surface area contributed by atoms with Crippen molar-refractivity contribution in [3.05, 3.63) is 24.3 Å². The van der Waals surface area contributed by atoms with Gasteiger partial charge in [-0.05, 0) is 24.3 Å². The van der Waals surface area contributed by atoms with Gasteiger partial charge in [0.25, 0.3) is 0 Å². The fourth-order valence-corrected chi connectivity index (χ4v) is 1.42. The van der Waals surface area contributed by atoms with Crippen molar-refractivity contribution in [2.45, 2.75) is 13.8 Å². The number of anilines is 1. The molecule has 6 heteroatoms. The maximum absolute atomic E-state index is 11.5. The molecule has 0 aliphatic heterocycles. The summed E-state index contributed by atoms with van der Waals surface area (Å²) in [5.74, 6) is -1.02. The lowest BCUT2D eigenvalue weighted by Crippen LogP contribution is -2.39. The van der Waals surface area contributed by atoms with E-state index in [2.05, 4.69) is 0 Å². The molecule has 18 heavy (non-hydrogen) atoms. The Kier molecular flexibility index (Phi) is 4.56. The second kappa shape index (κ2) is 5.92. The summed E-state index contributed by atoms with van der Waals surface area (Å²) in [6, 6.07) is 6.01. The molecule has 0 fully saturated rings. The fraction of sp³-hybridized carbons (Fsp3) is 0.250. The monoisotopic (exact) mass is 250 g/mol. The summed E-state index contributed by atoms with van der Waals surface area (Å²) in [4.78, 5) is 34.6. The summed E-state index contributed by atoms with van der Waals surface area (Å²) < 4.78 is 4.84. The van der Waals surface area contributed by atoms with Crippen molar-refractivity contribution in [1.29, 1.82) is 0 Å². The first-order chi connectivity index (χ1) is 8.45. The summed E-state index contributed by atoms with van der Waals surface area (Å²) in [7, 11) is 0. The van der Waals surface area contributed by atoms with E-state index in [9.17, 15) is 14.4 Å². The number of hydrogen-bond donors (Lipinski definition) is 1. The summed E-state index contributed by atoms with van der Waals surface area (Å²) in [5.41, 5.74) is 5.61. The number of nitrogens with two attached hydrogens (primary N) is 1. The first kappa shape index (κ1) is 13.9. The third-order valence-corrected chi connectivity index (χ3v) is 2.10. The molecule has 0 saturated carbocycles. The van der Waals surface area contributed by atoms with Crippen molar-refractivity contribution in [3.63, 3.8) is 0 Å². The van der Waals surface area contributed by atoms with E-state index in [1.54, 1.807) is 0 Å². The highest BCUT2D eigenvalue weighted by molar-refractivity contribution is 6.14. The molecule has 0 spiro atoms. The number of imide groups is 1. The van der Waals surface area contributed by atoms with Crippen LogP contribution in [0.25, 0.3) is 0 Å². The minimum atomic E-state index is -0.497. The van der Waals surface area contributed by atoms with Crippen molar-refractivity contribution in [3.8, 4) is 5.75 Å². The van der Waals surface area contributed by atoms with E-state index in [0.717, 1.165) is 4.90 Å². The van der Waals surface area contributed by atoms with Gasteiger partial charge in [-0.25, -0.2) is 4.90 Å². The number of hydrogen-bond acceptors (Lipinski definition) is 5. The Labute approximate surface area is 104 Å². The average Bonchev–Trinajstić information content (AvgIpc) is 2.30. The minimum absolute atomic E-state index is 0.259. The molecule has 96 valence electrons. The van der Waals surface area contributed by atoms with Gasteiger partial charge in [0.2, 0.25) is 11.8 Å². The number of benzene rings is 1. The van der Waals surface area contributed by atoms with Gasteiger partial charge in [-0.1, -0.05) is 0 Å². The zero-order valence-corrected chi connectivity index (χ0v) is 10.2. The van der Waals surface area contributed by atoms with Crippen molar-refractivity contribution < 1.29 is 19.1 Å². The second-order valence-corrected chi connectivity index (χ2v) is 3.54. The van der Waals surface area contributed by atoms with E-state index in [4.69, 9.17) is 10.5 Å². The molecule has 0 radical (unpaired) electrons. The second-order valence-electron chi connectivity index (χ2n) is 3.54. The molecule has 2 N–H and O–H groups in total. The van der Waals surface area contributed by atoms with Crippen molar-refractivity contribution in [1.82, 2.24) is 0 Å². The number of carbonyl (C=O) groups excluding carboxylic acids is 3. The molecule has 0 unspecified atom stereocenters. The van der Waals surface area contributed by atoms with E-state index in [-0.39, 0.29) is 6.54 Å². The van der Waals surface area contributed by atoms with Crippen LogP contribution in [0, 0.1) is 0 Å².